The third-order valence-electron chi connectivity index (χ3n) is 2.67. The summed E-state index contributed by atoms with van der Waals surface area (Å²) in [6.45, 7) is 1.52. The average Bonchev–Trinajstić information content (AvgIpc) is 3.02. The first kappa shape index (κ1) is 17.2. The lowest BCUT2D eigenvalue weighted by molar-refractivity contribution is -0.116. The molecule has 2 aromatic heterocycles. The fourth-order valence-corrected chi connectivity index (χ4v) is 2.79. The summed E-state index contributed by atoms with van der Waals surface area (Å²) in [5.74, 6) is -1.19. The van der Waals surface area contributed by atoms with E-state index in [1.54, 1.807) is 24.8 Å². The quantitative estimate of drug-likeness (QED) is 0.473. The van der Waals surface area contributed by atoms with Gasteiger partial charge in [0.2, 0.25) is 5.91 Å². The van der Waals surface area contributed by atoms with Gasteiger partial charge in [0.25, 0.3) is 5.56 Å². The van der Waals surface area contributed by atoms with Crippen LogP contribution in [0.5, 0.6) is 0 Å². The SMILES string of the molecule is CCOC(=O)c1cnc(SC)n(CC(=O)Nc2nccs2)c1=O. The number of nitrogens with zero attached hydrogens (tertiary/aromatic N) is 3. The molecule has 0 spiro atoms. The maximum atomic E-state index is 12.4. The fourth-order valence-electron chi connectivity index (χ4n) is 1.72. The van der Waals surface area contributed by atoms with E-state index in [1.807, 2.05) is 0 Å². The zero-order valence-corrected chi connectivity index (χ0v) is 14.1. The largest absolute Gasteiger partial charge is 0.462 e. The highest BCUT2D eigenvalue weighted by Crippen LogP contribution is 2.12. The molecule has 0 aliphatic rings. The molecule has 122 valence electrons. The van der Waals surface area contributed by atoms with E-state index in [1.165, 1.54) is 29.3 Å². The zero-order chi connectivity index (χ0) is 16.8. The van der Waals surface area contributed by atoms with E-state index in [9.17, 15) is 14.4 Å². The van der Waals surface area contributed by atoms with Gasteiger partial charge in [-0.2, -0.15) is 0 Å². The van der Waals surface area contributed by atoms with Crippen molar-refractivity contribution in [3.05, 3.63) is 33.7 Å². The van der Waals surface area contributed by atoms with Gasteiger partial charge < -0.3 is 10.1 Å². The number of aromatic nitrogens is 3. The maximum absolute atomic E-state index is 12.4. The van der Waals surface area contributed by atoms with Crippen molar-refractivity contribution in [2.24, 2.45) is 0 Å². The van der Waals surface area contributed by atoms with Crippen LogP contribution in [0.1, 0.15) is 17.3 Å². The van der Waals surface area contributed by atoms with Crippen LogP contribution >= 0.6 is 23.1 Å². The van der Waals surface area contributed by atoms with Crippen LogP contribution in [-0.2, 0) is 16.1 Å². The van der Waals surface area contributed by atoms with E-state index < -0.39 is 17.4 Å². The molecule has 0 unspecified atom stereocenters. The van der Waals surface area contributed by atoms with Crippen molar-refractivity contribution in [1.29, 1.82) is 0 Å². The first-order chi connectivity index (χ1) is 11.1. The smallest absolute Gasteiger partial charge is 0.345 e. The van der Waals surface area contributed by atoms with Crippen LogP contribution in [0.25, 0.3) is 0 Å². The van der Waals surface area contributed by atoms with Gasteiger partial charge in [0, 0.05) is 11.6 Å². The molecule has 0 atom stereocenters. The van der Waals surface area contributed by atoms with E-state index in [-0.39, 0.29) is 18.7 Å². The first-order valence-corrected chi connectivity index (χ1v) is 8.67. The number of ether oxygens (including phenoxy) is 1. The van der Waals surface area contributed by atoms with Gasteiger partial charge in [-0.05, 0) is 13.2 Å². The van der Waals surface area contributed by atoms with Gasteiger partial charge in [-0.25, -0.2) is 14.8 Å². The number of carbonyl (C=O) groups excluding carboxylic acids is 2. The second kappa shape index (κ2) is 7.88. The van der Waals surface area contributed by atoms with Crippen LogP contribution in [0.15, 0.2) is 27.7 Å². The van der Waals surface area contributed by atoms with Crippen molar-refractivity contribution < 1.29 is 14.3 Å². The second-order valence-corrected chi connectivity index (χ2v) is 5.82. The Balaban J connectivity index is 2.28. The van der Waals surface area contributed by atoms with Gasteiger partial charge in [0.05, 0.1) is 12.8 Å². The summed E-state index contributed by atoms with van der Waals surface area (Å²) < 4.78 is 5.96. The number of amides is 1. The molecule has 0 aromatic carbocycles. The number of anilines is 1. The summed E-state index contributed by atoms with van der Waals surface area (Å²) in [6.07, 6.45) is 4.45. The van der Waals surface area contributed by atoms with Crippen molar-refractivity contribution in [2.45, 2.75) is 18.6 Å². The first-order valence-electron chi connectivity index (χ1n) is 6.57. The number of esters is 1. The minimum atomic E-state index is -0.758. The van der Waals surface area contributed by atoms with Crippen LogP contribution in [-0.4, -0.2) is 39.3 Å². The Morgan fingerprint density at radius 1 is 1.43 bits per heavy atom. The standard InChI is InChI=1S/C13H14N4O4S2/c1-3-21-11(20)8-6-15-13(22-2)17(10(8)19)7-9(18)16-12-14-4-5-23-12/h4-6H,3,7H2,1-2H3,(H,14,16,18). The molecule has 23 heavy (non-hydrogen) atoms. The highest BCUT2D eigenvalue weighted by molar-refractivity contribution is 7.98. The van der Waals surface area contributed by atoms with Crippen LogP contribution < -0.4 is 10.9 Å². The zero-order valence-electron chi connectivity index (χ0n) is 12.4. The Kier molecular flexibility index (Phi) is 5.88. The number of rotatable bonds is 6. The van der Waals surface area contributed by atoms with Gasteiger partial charge in [0.15, 0.2) is 10.3 Å². The molecular formula is C13H14N4O4S2. The molecule has 0 bridgehead atoms. The highest BCUT2D eigenvalue weighted by Gasteiger charge is 2.19. The van der Waals surface area contributed by atoms with Crippen LogP contribution in [0, 0.1) is 0 Å². The van der Waals surface area contributed by atoms with E-state index in [0.717, 1.165) is 4.57 Å². The number of carbonyl (C=O) groups is 2. The Hall–Kier alpha value is -2.20. The van der Waals surface area contributed by atoms with E-state index in [2.05, 4.69) is 15.3 Å². The monoisotopic (exact) mass is 354 g/mol. The number of thiazole rings is 1. The maximum Gasteiger partial charge on any atom is 0.345 e. The molecule has 0 fully saturated rings. The third-order valence-corrected chi connectivity index (χ3v) is 4.05. The highest BCUT2D eigenvalue weighted by atomic mass is 32.2. The van der Waals surface area contributed by atoms with Gasteiger partial charge in [-0.3, -0.25) is 14.2 Å². The predicted molar refractivity (Wildman–Crippen MR) is 87.0 cm³/mol. The molecule has 1 amide bonds. The lowest BCUT2D eigenvalue weighted by Crippen LogP contribution is -2.33. The Morgan fingerprint density at radius 2 is 2.22 bits per heavy atom. The minimum absolute atomic E-state index is 0.146. The van der Waals surface area contributed by atoms with Gasteiger partial charge >= 0.3 is 5.97 Å². The number of thioether (sulfide) groups is 1. The summed E-state index contributed by atoms with van der Waals surface area (Å²) in [5, 5.41) is 5.06. The molecule has 0 saturated heterocycles. The van der Waals surface area contributed by atoms with Crippen molar-refractivity contribution in [3.63, 3.8) is 0 Å². The second-order valence-electron chi connectivity index (χ2n) is 4.16. The van der Waals surface area contributed by atoms with Crippen LogP contribution in [0.2, 0.25) is 0 Å². The number of hydrogen-bond donors (Lipinski definition) is 1. The van der Waals surface area contributed by atoms with E-state index >= 15 is 0 Å². The molecule has 1 N–H and O–H groups in total. The van der Waals surface area contributed by atoms with Gasteiger partial charge in [-0.15, -0.1) is 11.3 Å². The summed E-state index contributed by atoms with van der Waals surface area (Å²) in [4.78, 5) is 44.2. The molecular weight excluding hydrogens is 340 g/mol. The third kappa shape index (κ3) is 4.17. The Bertz CT molecular complexity index is 758. The molecule has 2 aromatic rings. The lowest BCUT2D eigenvalue weighted by Gasteiger charge is -2.11. The van der Waals surface area contributed by atoms with Crippen LogP contribution in [0.3, 0.4) is 0 Å². The van der Waals surface area contributed by atoms with Crippen molar-refractivity contribution in [1.82, 2.24) is 14.5 Å². The minimum Gasteiger partial charge on any atom is -0.462 e. The summed E-state index contributed by atoms with van der Waals surface area (Å²) >= 11 is 2.47. The van der Waals surface area contributed by atoms with Crippen molar-refractivity contribution in [2.75, 3.05) is 18.2 Å². The summed E-state index contributed by atoms with van der Waals surface area (Å²) in [6, 6.07) is 0. The molecule has 0 aliphatic carbocycles. The summed E-state index contributed by atoms with van der Waals surface area (Å²) in [5.41, 5.74) is -0.816. The number of nitrogens with one attached hydrogen (secondary N) is 1. The van der Waals surface area contributed by atoms with Crippen molar-refractivity contribution in [3.8, 4) is 0 Å². The summed E-state index contributed by atoms with van der Waals surface area (Å²) in [7, 11) is 0. The van der Waals surface area contributed by atoms with E-state index in [4.69, 9.17) is 4.74 Å². The molecule has 10 heteroatoms. The lowest BCUT2D eigenvalue weighted by atomic mass is 10.3. The topological polar surface area (TPSA) is 103 Å². The molecule has 2 heterocycles. The Morgan fingerprint density at radius 3 is 2.83 bits per heavy atom. The molecule has 8 nitrogen and oxygen atoms in total. The fraction of sp³-hybridized carbons (Fsp3) is 0.308. The van der Waals surface area contributed by atoms with E-state index in [0.29, 0.717) is 10.3 Å². The van der Waals surface area contributed by atoms with Crippen LogP contribution in [0.4, 0.5) is 5.13 Å². The normalized spacial score (nSPS) is 10.3. The average molecular weight is 354 g/mol. The molecule has 0 saturated carbocycles. The molecule has 2 rings (SSSR count). The van der Waals surface area contributed by atoms with Gasteiger partial charge in [-0.1, -0.05) is 11.8 Å². The molecule has 0 aliphatic heterocycles. The van der Waals surface area contributed by atoms with Gasteiger partial charge in [0.1, 0.15) is 12.1 Å². The number of hydrogen-bond acceptors (Lipinski definition) is 8. The van der Waals surface area contributed by atoms with Crippen molar-refractivity contribution >= 4 is 40.1 Å². The molecule has 0 radical (unpaired) electrons. The predicted octanol–water partition coefficient (Wildman–Crippen LogP) is 1.24. The Labute approximate surface area is 139 Å².